The van der Waals surface area contributed by atoms with Gasteiger partial charge in [0, 0.05) is 6.92 Å². The second kappa shape index (κ2) is 12.1. The topological polar surface area (TPSA) is 96.2 Å². The van der Waals surface area contributed by atoms with Crippen molar-refractivity contribution in [3.05, 3.63) is 96.7 Å². The second-order valence-electron chi connectivity index (χ2n) is 9.37. The third-order valence-corrected chi connectivity index (χ3v) is 6.88. The molecule has 202 valence electrons. The number of nitrogens with zero attached hydrogens (tertiary/aromatic N) is 2. The standard InChI is InChI=1S/C30H30N2O6S/c1-18(2)17-37-29(35)26-19(3)31-30-32(27(26)22-14-15-23(38-20(4)33)24(16-22)36-5)28(34)25(39-30)13-9-12-21-10-7-6-8-11-21/h6-16,18,27H,17H2,1-5H3/b12-9+,25-13-/t27-/m1/s1. The summed E-state index contributed by atoms with van der Waals surface area (Å²) in [6, 6.07) is 13.9. The van der Waals surface area contributed by atoms with E-state index in [0.29, 0.717) is 26.3 Å². The lowest BCUT2D eigenvalue weighted by Crippen LogP contribution is -2.40. The molecule has 8 nitrogen and oxygen atoms in total. The predicted molar refractivity (Wildman–Crippen MR) is 150 cm³/mol. The lowest BCUT2D eigenvalue weighted by atomic mass is 9.95. The molecule has 39 heavy (non-hydrogen) atoms. The van der Waals surface area contributed by atoms with Gasteiger partial charge in [-0.2, -0.15) is 0 Å². The predicted octanol–water partition coefficient (Wildman–Crippen LogP) is 4.03. The molecule has 0 amide bonds. The maximum absolute atomic E-state index is 13.7. The first-order valence-electron chi connectivity index (χ1n) is 12.5. The molecule has 0 unspecified atom stereocenters. The van der Waals surface area contributed by atoms with Crippen LogP contribution in [0.5, 0.6) is 11.5 Å². The summed E-state index contributed by atoms with van der Waals surface area (Å²) in [5.41, 5.74) is 2.03. The Labute approximate surface area is 230 Å². The SMILES string of the molecule is COc1cc([C@@H]2C(C(=O)OCC(C)C)=C(C)N=c3s/c(=C\C=C\c4ccccc4)c(=O)n32)ccc1OC(C)=O. The molecule has 0 saturated heterocycles. The molecular formula is C30H30N2O6S. The van der Waals surface area contributed by atoms with Crippen molar-refractivity contribution >= 4 is 35.4 Å². The Morgan fingerprint density at radius 1 is 1.13 bits per heavy atom. The van der Waals surface area contributed by atoms with Gasteiger partial charge in [-0.1, -0.05) is 73.7 Å². The molecule has 0 N–H and O–H groups in total. The first-order chi connectivity index (χ1) is 18.7. The number of thiazole rings is 1. The molecular weight excluding hydrogens is 516 g/mol. The summed E-state index contributed by atoms with van der Waals surface area (Å²) in [6.45, 7) is 7.15. The number of carbonyl (C=O) groups excluding carboxylic acids is 2. The molecule has 0 fully saturated rings. The molecule has 0 saturated carbocycles. The van der Waals surface area contributed by atoms with Crippen LogP contribution in [-0.2, 0) is 14.3 Å². The number of hydrogen-bond acceptors (Lipinski definition) is 8. The zero-order chi connectivity index (χ0) is 28.1. The van der Waals surface area contributed by atoms with E-state index in [2.05, 4.69) is 4.99 Å². The van der Waals surface area contributed by atoms with Crippen LogP contribution in [-0.4, -0.2) is 30.2 Å². The zero-order valence-corrected chi connectivity index (χ0v) is 23.3. The fourth-order valence-corrected chi connectivity index (χ4v) is 5.13. The summed E-state index contributed by atoms with van der Waals surface area (Å²) >= 11 is 1.24. The molecule has 9 heteroatoms. The minimum Gasteiger partial charge on any atom is -0.493 e. The Morgan fingerprint density at radius 2 is 1.87 bits per heavy atom. The zero-order valence-electron chi connectivity index (χ0n) is 22.5. The van der Waals surface area contributed by atoms with Crippen LogP contribution in [0.25, 0.3) is 12.2 Å². The van der Waals surface area contributed by atoms with Gasteiger partial charge >= 0.3 is 11.9 Å². The monoisotopic (exact) mass is 546 g/mol. The fourth-order valence-electron chi connectivity index (χ4n) is 4.14. The quantitative estimate of drug-likeness (QED) is 0.313. The molecule has 2 aromatic carbocycles. The Balaban J connectivity index is 1.86. The maximum Gasteiger partial charge on any atom is 0.338 e. The van der Waals surface area contributed by atoms with Crippen molar-refractivity contribution in [2.45, 2.75) is 33.7 Å². The number of ether oxygens (including phenoxy) is 3. The van der Waals surface area contributed by atoms with E-state index in [1.807, 2.05) is 56.3 Å². The number of allylic oxidation sites excluding steroid dienone is 2. The van der Waals surface area contributed by atoms with Crippen molar-refractivity contribution in [1.29, 1.82) is 0 Å². The van der Waals surface area contributed by atoms with E-state index < -0.39 is 18.0 Å². The number of hydrogen-bond donors (Lipinski definition) is 0. The van der Waals surface area contributed by atoms with Crippen LogP contribution < -0.4 is 24.4 Å². The van der Waals surface area contributed by atoms with Crippen LogP contribution in [0.2, 0.25) is 0 Å². The van der Waals surface area contributed by atoms with Gasteiger partial charge in [-0.25, -0.2) is 9.79 Å². The summed E-state index contributed by atoms with van der Waals surface area (Å²) in [5, 5.41) is 0. The summed E-state index contributed by atoms with van der Waals surface area (Å²) in [7, 11) is 1.45. The van der Waals surface area contributed by atoms with E-state index in [9.17, 15) is 14.4 Å². The highest BCUT2D eigenvalue weighted by molar-refractivity contribution is 7.07. The number of fused-ring (bicyclic) bond motifs is 1. The van der Waals surface area contributed by atoms with E-state index in [4.69, 9.17) is 14.2 Å². The largest absolute Gasteiger partial charge is 0.493 e. The average molecular weight is 547 g/mol. The molecule has 0 spiro atoms. The van der Waals surface area contributed by atoms with Gasteiger partial charge in [-0.05, 0) is 42.2 Å². The van der Waals surface area contributed by atoms with E-state index in [1.165, 1.54) is 29.9 Å². The summed E-state index contributed by atoms with van der Waals surface area (Å²) in [5.74, 6) is -0.381. The highest BCUT2D eigenvalue weighted by atomic mass is 32.1. The van der Waals surface area contributed by atoms with Gasteiger partial charge < -0.3 is 14.2 Å². The first-order valence-corrected chi connectivity index (χ1v) is 13.3. The molecule has 4 rings (SSSR count). The molecule has 1 atom stereocenters. The van der Waals surface area contributed by atoms with Crippen molar-refractivity contribution in [1.82, 2.24) is 4.57 Å². The van der Waals surface area contributed by atoms with E-state index in [1.54, 1.807) is 31.2 Å². The van der Waals surface area contributed by atoms with Crippen LogP contribution >= 0.6 is 11.3 Å². The normalized spacial score (nSPS) is 15.3. The second-order valence-corrected chi connectivity index (χ2v) is 10.4. The van der Waals surface area contributed by atoms with Crippen molar-refractivity contribution in [2.75, 3.05) is 13.7 Å². The molecule has 2 heterocycles. The van der Waals surface area contributed by atoms with Crippen LogP contribution in [0.4, 0.5) is 0 Å². The van der Waals surface area contributed by atoms with E-state index in [0.717, 1.165) is 5.56 Å². The minimum absolute atomic E-state index is 0.133. The van der Waals surface area contributed by atoms with Gasteiger partial charge in [0.15, 0.2) is 16.3 Å². The minimum atomic E-state index is -0.818. The van der Waals surface area contributed by atoms with Crippen molar-refractivity contribution in [2.24, 2.45) is 10.9 Å². The van der Waals surface area contributed by atoms with Gasteiger partial charge in [0.25, 0.3) is 5.56 Å². The van der Waals surface area contributed by atoms with Gasteiger partial charge in [0.2, 0.25) is 0 Å². The van der Waals surface area contributed by atoms with Gasteiger partial charge in [0.1, 0.15) is 0 Å². The van der Waals surface area contributed by atoms with Crippen molar-refractivity contribution in [3.8, 4) is 11.5 Å². The number of benzene rings is 2. The third kappa shape index (κ3) is 6.26. The van der Waals surface area contributed by atoms with Gasteiger partial charge in [-0.3, -0.25) is 14.2 Å². The number of esters is 2. The molecule has 3 aromatic rings. The lowest BCUT2D eigenvalue weighted by Gasteiger charge is -2.25. The third-order valence-electron chi connectivity index (χ3n) is 5.88. The average Bonchev–Trinajstić information content (AvgIpc) is 3.21. The summed E-state index contributed by atoms with van der Waals surface area (Å²) in [4.78, 5) is 43.7. The lowest BCUT2D eigenvalue weighted by molar-refractivity contribution is -0.140. The van der Waals surface area contributed by atoms with Crippen LogP contribution in [0.3, 0.4) is 0 Å². The van der Waals surface area contributed by atoms with E-state index in [-0.39, 0.29) is 29.4 Å². The number of carbonyl (C=O) groups is 2. The van der Waals surface area contributed by atoms with Gasteiger partial charge in [0.05, 0.1) is 35.6 Å². The Hall–Kier alpha value is -4.24. The molecule has 1 aliphatic heterocycles. The highest BCUT2D eigenvalue weighted by Crippen LogP contribution is 2.36. The summed E-state index contributed by atoms with van der Waals surface area (Å²) < 4.78 is 18.3. The van der Waals surface area contributed by atoms with Crippen LogP contribution in [0.15, 0.2) is 75.7 Å². The maximum atomic E-state index is 13.7. The Kier molecular flexibility index (Phi) is 8.61. The van der Waals surface area contributed by atoms with Crippen LogP contribution in [0.1, 0.15) is 44.9 Å². The first kappa shape index (κ1) is 27.8. The number of methoxy groups -OCH3 is 1. The molecule has 1 aliphatic rings. The fraction of sp³-hybridized carbons (Fsp3) is 0.267. The van der Waals surface area contributed by atoms with Crippen LogP contribution in [0, 0.1) is 5.92 Å². The Morgan fingerprint density at radius 3 is 2.54 bits per heavy atom. The van der Waals surface area contributed by atoms with Gasteiger partial charge in [-0.15, -0.1) is 0 Å². The summed E-state index contributed by atoms with van der Waals surface area (Å²) in [6.07, 6.45) is 5.47. The smallest absolute Gasteiger partial charge is 0.338 e. The highest BCUT2D eigenvalue weighted by Gasteiger charge is 2.34. The molecule has 0 radical (unpaired) electrons. The molecule has 1 aromatic heterocycles. The number of aromatic nitrogens is 1. The van der Waals surface area contributed by atoms with E-state index >= 15 is 0 Å². The Bertz CT molecular complexity index is 1630. The molecule has 0 bridgehead atoms. The number of rotatable bonds is 8. The van der Waals surface area contributed by atoms with Crippen molar-refractivity contribution in [3.63, 3.8) is 0 Å². The molecule has 0 aliphatic carbocycles. The van der Waals surface area contributed by atoms with Crippen molar-refractivity contribution < 1.29 is 23.8 Å².